The molecule has 0 aromatic heterocycles. The van der Waals surface area contributed by atoms with E-state index in [9.17, 15) is 4.79 Å². The average molecular weight is 261 g/mol. The van der Waals surface area contributed by atoms with Crippen LogP contribution in [0.25, 0.3) is 0 Å². The van der Waals surface area contributed by atoms with E-state index in [0.29, 0.717) is 18.0 Å². The molecule has 2 unspecified atom stereocenters. The van der Waals surface area contributed by atoms with Crippen molar-refractivity contribution in [2.45, 2.75) is 51.7 Å². The summed E-state index contributed by atoms with van der Waals surface area (Å²) in [5.74, 6) is 0.316. The molecule has 3 nitrogen and oxygen atoms in total. The largest absolute Gasteiger partial charge is 0.458 e. The van der Waals surface area contributed by atoms with Crippen LogP contribution in [0.3, 0.4) is 0 Å². The standard InChI is InChI=1S/C16H23NO2/c1-2-13-7-3-4-9-15(13)19-16(18)14-8-5-6-12(10-14)11-17/h5-6,8,10,13,15H,2-4,7,9,11,17H2,1H3. The number of carbonyl (C=O) groups excluding carboxylic acids is 1. The van der Waals surface area contributed by atoms with Crippen molar-refractivity contribution < 1.29 is 9.53 Å². The van der Waals surface area contributed by atoms with Crippen LogP contribution in [0.5, 0.6) is 0 Å². The molecule has 0 bridgehead atoms. The first-order chi connectivity index (χ1) is 9.24. The van der Waals surface area contributed by atoms with Crippen LogP contribution in [0, 0.1) is 5.92 Å². The molecule has 1 aromatic carbocycles. The molecule has 0 radical (unpaired) electrons. The number of nitrogens with two attached hydrogens (primary N) is 1. The van der Waals surface area contributed by atoms with Crippen molar-refractivity contribution >= 4 is 5.97 Å². The number of ether oxygens (including phenoxy) is 1. The Hall–Kier alpha value is -1.35. The minimum atomic E-state index is -0.208. The van der Waals surface area contributed by atoms with Gasteiger partial charge in [0, 0.05) is 6.54 Å². The van der Waals surface area contributed by atoms with E-state index in [1.165, 1.54) is 12.8 Å². The summed E-state index contributed by atoms with van der Waals surface area (Å²) in [5, 5.41) is 0. The number of rotatable bonds is 4. The molecule has 1 aromatic rings. The van der Waals surface area contributed by atoms with Crippen molar-refractivity contribution in [3.63, 3.8) is 0 Å². The van der Waals surface area contributed by atoms with Gasteiger partial charge >= 0.3 is 5.97 Å². The molecule has 2 rings (SSSR count). The van der Waals surface area contributed by atoms with E-state index in [2.05, 4.69) is 6.92 Å². The molecule has 2 atom stereocenters. The minimum absolute atomic E-state index is 0.0905. The summed E-state index contributed by atoms with van der Waals surface area (Å²) in [5.41, 5.74) is 7.17. The maximum absolute atomic E-state index is 12.2. The van der Waals surface area contributed by atoms with Crippen molar-refractivity contribution in [1.29, 1.82) is 0 Å². The Labute approximate surface area is 115 Å². The third-order valence-electron chi connectivity index (χ3n) is 4.02. The van der Waals surface area contributed by atoms with Crippen LogP contribution in [-0.4, -0.2) is 12.1 Å². The first kappa shape index (κ1) is 14.1. The van der Waals surface area contributed by atoms with Crippen molar-refractivity contribution in [3.8, 4) is 0 Å². The van der Waals surface area contributed by atoms with Gasteiger partial charge in [-0.2, -0.15) is 0 Å². The van der Waals surface area contributed by atoms with Crippen molar-refractivity contribution in [3.05, 3.63) is 35.4 Å². The number of carbonyl (C=O) groups is 1. The van der Waals surface area contributed by atoms with E-state index in [0.717, 1.165) is 24.8 Å². The topological polar surface area (TPSA) is 52.3 Å². The lowest BCUT2D eigenvalue weighted by Gasteiger charge is -2.30. The van der Waals surface area contributed by atoms with Gasteiger partial charge in [-0.05, 0) is 49.3 Å². The van der Waals surface area contributed by atoms with Gasteiger partial charge in [-0.1, -0.05) is 25.5 Å². The summed E-state index contributed by atoms with van der Waals surface area (Å²) in [6, 6.07) is 7.40. The van der Waals surface area contributed by atoms with Gasteiger partial charge < -0.3 is 10.5 Å². The monoisotopic (exact) mass is 261 g/mol. The zero-order valence-electron chi connectivity index (χ0n) is 11.6. The highest BCUT2D eigenvalue weighted by molar-refractivity contribution is 5.89. The van der Waals surface area contributed by atoms with E-state index >= 15 is 0 Å². The second-order valence-corrected chi connectivity index (χ2v) is 5.30. The number of benzene rings is 1. The van der Waals surface area contributed by atoms with Gasteiger partial charge in [-0.15, -0.1) is 0 Å². The lowest BCUT2D eigenvalue weighted by molar-refractivity contribution is 0.000700. The van der Waals surface area contributed by atoms with Gasteiger partial charge in [-0.3, -0.25) is 0 Å². The molecule has 19 heavy (non-hydrogen) atoms. The van der Waals surface area contributed by atoms with E-state index < -0.39 is 0 Å². The summed E-state index contributed by atoms with van der Waals surface area (Å²) >= 11 is 0. The second-order valence-electron chi connectivity index (χ2n) is 5.30. The Morgan fingerprint density at radius 3 is 2.89 bits per heavy atom. The summed E-state index contributed by atoms with van der Waals surface area (Å²) in [7, 11) is 0. The fraction of sp³-hybridized carbons (Fsp3) is 0.562. The number of hydrogen-bond acceptors (Lipinski definition) is 3. The maximum atomic E-state index is 12.2. The molecule has 1 saturated carbocycles. The van der Waals surface area contributed by atoms with Crippen LogP contribution in [0.15, 0.2) is 24.3 Å². The van der Waals surface area contributed by atoms with Gasteiger partial charge in [0.25, 0.3) is 0 Å². The normalized spacial score (nSPS) is 23.1. The Balaban J connectivity index is 2.02. The van der Waals surface area contributed by atoms with Crippen LogP contribution in [0.2, 0.25) is 0 Å². The molecule has 2 N–H and O–H groups in total. The smallest absolute Gasteiger partial charge is 0.338 e. The fourth-order valence-corrected chi connectivity index (χ4v) is 2.83. The van der Waals surface area contributed by atoms with Crippen LogP contribution in [0.1, 0.15) is 54.9 Å². The van der Waals surface area contributed by atoms with Crippen molar-refractivity contribution in [1.82, 2.24) is 0 Å². The van der Waals surface area contributed by atoms with Gasteiger partial charge in [0.1, 0.15) is 6.10 Å². The van der Waals surface area contributed by atoms with E-state index in [-0.39, 0.29) is 12.1 Å². The molecule has 0 spiro atoms. The van der Waals surface area contributed by atoms with Gasteiger partial charge in [0.15, 0.2) is 0 Å². The highest BCUT2D eigenvalue weighted by atomic mass is 16.5. The lowest BCUT2D eigenvalue weighted by atomic mass is 9.85. The summed E-state index contributed by atoms with van der Waals surface area (Å²) in [6.07, 6.45) is 5.78. The van der Waals surface area contributed by atoms with Crippen LogP contribution in [-0.2, 0) is 11.3 Å². The summed E-state index contributed by atoms with van der Waals surface area (Å²) < 4.78 is 5.70. The zero-order valence-corrected chi connectivity index (χ0v) is 11.6. The maximum Gasteiger partial charge on any atom is 0.338 e. The quantitative estimate of drug-likeness (QED) is 0.846. The third-order valence-corrected chi connectivity index (χ3v) is 4.02. The van der Waals surface area contributed by atoms with E-state index in [1.54, 1.807) is 6.07 Å². The van der Waals surface area contributed by atoms with Crippen LogP contribution in [0.4, 0.5) is 0 Å². The highest BCUT2D eigenvalue weighted by Gasteiger charge is 2.27. The SMILES string of the molecule is CCC1CCCCC1OC(=O)c1cccc(CN)c1. The molecule has 1 aliphatic rings. The molecule has 0 aliphatic heterocycles. The van der Waals surface area contributed by atoms with Crippen molar-refractivity contribution in [2.24, 2.45) is 11.7 Å². The first-order valence-corrected chi connectivity index (χ1v) is 7.24. The fourth-order valence-electron chi connectivity index (χ4n) is 2.83. The second kappa shape index (κ2) is 6.71. The van der Waals surface area contributed by atoms with Gasteiger partial charge in [-0.25, -0.2) is 4.79 Å². The van der Waals surface area contributed by atoms with Gasteiger partial charge in [0.2, 0.25) is 0 Å². The molecule has 104 valence electrons. The molecule has 1 aliphatic carbocycles. The third kappa shape index (κ3) is 3.57. The van der Waals surface area contributed by atoms with E-state index in [1.807, 2.05) is 18.2 Å². The number of esters is 1. The molecule has 1 fully saturated rings. The van der Waals surface area contributed by atoms with E-state index in [4.69, 9.17) is 10.5 Å². The molecule has 0 amide bonds. The number of hydrogen-bond donors (Lipinski definition) is 1. The predicted molar refractivity (Wildman–Crippen MR) is 75.8 cm³/mol. The zero-order chi connectivity index (χ0) is 13.7. The highest BCUT2D eigenvalue weighted by Crippen LogP contribution is 2.29. The van der Waals surface area contributed by atoms with Crippen LogP contribution >= 0.6 is 0 Å². The Morgan fingerprint density at radius 2 is 2.16 bits per heavy atom. The Morgan fingerprint density at radius 1 is 1.37 bits per heavy atom. The summed E-state index contributed by atoms with van der Waals surface area (Å²) in [6.45, 7) is 2.62. The summed E-state index contributed by atoms with van der Waals surface area (Å²) in [4.78, 5) is 12.2. The molecule has 0 heterocycles. The predicted octanol–water partition coefficient (Wildman–Crippen LogP) is 3.27. The first-order valence-electron chi connectivity index (χ1n) is 7.24. The Kier molecular flexibility index (Phi) is 4.97. The lowest BCUT2D eigenvalue weighted by Crippen LogP contribution is -2.29. The minimum Gasteiger partial charge on any atom is -0.458 e. The molecule has 3 heteroatoms. The molecular formula is C16H23NO2. The van der Waals surface area contributed by atoms with Gasteiger partial charge in [0.05, 0.1) is 5.56 Å². The Bertz CT molecular complexity index is 431. The molecular weight excluding hydrogens is 238 g/mol. The average Bonchev–Trinajstić information content (AvgIpc) is 2.47. The van der Waals surface area contributed by atoms with Crippen molar-refractivity contribution in [2.75, 3.05) is 0 Å². The molecule has 0 saturated heterocycles. The van der Waals surface area contributed by atoms with Crippen LogP contribution < -0.4 is 5.73 Å².